The molecule has 0 amide bonds. The lowest BCUT2D eigenvalue weighted by atomic mass is 10.2. The minimum absolute atomic E-state index is 0.243. The molecule has 18 heavy (non-hydrogen) atoms. The second-order valence-electron chi connectivity index (χ2n) is 4.86. The highest BCUT2D eigenvalue weighted by Gasteiger charge is 2.13. The molecule has 1 aromatic rings. The van der Waals surface area contributed by atoms with Crippen LogP contribution in [0, 0.1) is 6.92 Å². The molecule has 0 saturated heterocycles. The number of hydrogen-bond acceptors (Lipinski definition) is 4. The summed E-state index contributed by atoms with van der Waals surface area (Å²) in [6.07, 6.45) is 1.04. The van der Waals surface area contributed by atoms with Gasteiger partial charge in [0.1, 0.15) is 17.1 Å². The van der Waals surface area contributed by atoms with Gasteiger partial charge >= 0.3 is 5.97 Å². The average molecular weight is 254 g/mol. The van der Waals surface area contributed by atoms with Crippen LogP contribution in [0.1, 0.15) is 35.2 Å². The van der Waals surface area contributed by atoms with E-state index in [0.29, 0.717) is 24.1 Å². The Morgan fingerprint density at radius 3 is 2.72 bits per heavy atom. The van der Waals surface area contributed by atoms with Crippen LogP contribution in [0.15, 0.2) is 10.5 Å². The Morgan fingerprint density at radius 1 is 1.56 bits per heavy atom. The predicted molar refractivity (Wildman–Crippen MR) is 69.9 cm³/mol. The summed E-state index contributed by atoms with van der Waals surface area (Å²) in [5.41, 5.74) is 0.243. The average Bonchev–Trinajstić information content (AvgIpc) is 2.65. The molecule has 102 valence electrons. The molecule has 1 aromatic heterocycles. The van der Waals surface area contributed by atoms with E-state index in [0.717, 1.165) is 13.0 Å². The topological polar surface area (TPSA) is 65.7 Å². The molecule has 0 radical (unpaired) electrons. The van der Waals surface area contributed by atoms with Crippen LogP contribution >= 0.6 is 0 Å². The van der Waals surface area contributed by atoms with Gasteiger partial charge in [-0.1, -0.05) is 0 Å². The first-order valence-corrected chi connectivity index (χ1v) is 6.11. The molecule has 0 aliphatic carbocycles. The van der Waals surface area contributed by atoms with Gasteiger partial charge in [-0.2, -0.15) is 0 Å². The summed E-state index contributed by atoms with van der Waals surface area (Å²) in [5, 5.41) is 12.2. The highest BCUT2D eigenvalue weighted by Crippen LogP contribution is 2.14. The summed E-state index contributed by atoms with van der Waals surface area (Å²) in [5.74, 6) is 0.185. The van der Waals surface area contributed by atoms with Gasteiger partial charge in [0, 0.05) is 6.04 Å². The SMILES string of the molecule is Cc1oc(CNC(C)CCN(C)C)cc1C(=O)O. The lowest BCUT2D eigenvalue weighted by Gasteiger charge is -2.15. The van der Waals surface area contributed by atoms with E-state index in [9.17, 15) is 4.79 Å². The van der Waals surface area contributed by atoms with Crippen molar-refractivity contribution in [3.8, 4) is 0 Å². The normalized spacial score (nSPS) is 12.9. The van der Waals surface area contributed by atoms with Crippen LogP contribution in [0.4, 0.5) is 0 Å². The summed E-state index contributed by atoms with van der Waals surface area (Å²) < 4.78 is 5.40. The van der Waals surface area contributed by atoms with Crippen LogP contribution in [0.5, 0.6) is 0 Å². The lowest BCUT2D eigenvalue weighted by Crippen LogP contribution is -2.29. The molecule has 2 N–H and O–H groups in total. The van der Waals surface area contributed by atoms with E-state index in [2.05, 4.69) is 17.1 Å². The van der Waals surface area contributed by atoms with Crippen molar-refractivity contribution in [2.24, 2.45) is 0 Å². The van der Waals surface area contributed by atoms with Gasteiger partial charge in [0.25, 0.3) is 0 Å². The number of nitrogens with one attached hydrogen (secondary N) is 1. The Bertz CT molecular complexity index is 399. The Kier molecular flexibility index (Phi) is 5.37. The summed E-state index contributed by atoms with van der Waals surface area (Å²) >= 11 is 0. The molecule has 0 spiro atoms. The van der Waals surface area contributed by atoms with E-state index in [1.165, 1.54) is 0 Å². The van der Waals surface area contributed by atoms with Crippen molar-refractivity contribution >= 4 is 5.97 Å². The first-order valence-electron chi connectivity index (χ1n) is 6.11. The number of aryl methyl sites for hydroxylation is 1. The maximum Gasteiger partial charge on any atom is 0.339 e. The number of carboxylic acid groups (broad SMARTS) is 1. The number of hydrogen-bond donors (Lipinski definition) is 2. The third kappa shape index (κ3) is 4.50. The van der Waals surface area contributed by atoms with Crippen molar-refractivity contribution in [3.05, 3.63) is 23.2 Å². The zero-order valence-electron chi connectivity index (χ0n) is 11.5. The fourth-order valence-corrected chi connectivity index (χ4v) is 1.67. The van der Waals surface area contributed by atoms with E-state index in [4.69, 9.17) is 9.52 Å². The van der Waals surface area contributed by atoms with Crippen LogP contribution < -0.4 is 5.32 Å². The number of rotatable bonds is 7. The van der Waals surface area contributed by atoms with Crippen LogP contribution in [0.25, 0.3) is 0 Å². The molecule has 1 rings (SSSR count). The third-order valence-corrected chi connectivity index (χ3v) is 2.83. The Balaban J connectivity index is 2.43. The second kappa shape index (κ2) is 6.56. The summed E-state index contributed by atoms with van der Waals surface area (Å²) in [4.78, 5) is 13.0. The summed E-state index contributed by atoms with van der Waals surface area (Å²) in [6, 6.07) is 1.95. The molecule has 0 bridgehead atoms. The molecule has 1 atom stereocenters. The van der Waals surface area contributed by atoms with E-state index in [-0.39, 0.29) is 5.56 Å². The second-order valence-corrected chi connectivity index (χ2v) is 4.86. The van der Waals surface area contributed by atoms with Crippen molar-refractivity contribution in [1.29, 1.82) is 0 Å². The molecular formula is C13H22N2O3. The Morgan fingerprint density at radius 2 is 2.22 bits per heavy atom. The third-order valence-electron chi connectivity index (χ3n) is 2.83. The van der Waals surface area contributed by atoms with Gasteiger partial charge < -0.3 is 19.7 Å². The Hall–Kier alpha value is -1.33. The number of carbonyl (C=O) groups is 1. The first-order chi connectivity index (χ1) is 8.40. The van der Waals surface area contributed by atoms with Gasteiger partial charge in [-0.3, -0.25) is 0 Å². The number of nitrogens with zero attached hydrogens (tertiary/aromatic N) is 1. The molecule has 0 saturated carbocycles. The quantitative estimate of drug-likeness (QED) is 0.775. The molecule has 1 unspecified atom stereocenters. The predicted octanol–water partition coefficient (Wildman–Crippen LogP) is 1.72. The smallest absolute Gasteiger partial charge is 0.339 e. The molecule has 0 aliphatic heterocycles. The van der Waals surface area contributed by atoms with Crippen molar-refractivity contribution < 1.29 is 14.3 Å². The largest absolute Gasteiger partial charge is 0.478 e. The molecular weight excluding hydrogens is 232 g/mol. The van der Waals surface area contributed by atoms with Crippen molar-refractivity contribution in [3.63, 3.8) is 0 Å². The molecule has 1 heterocycles. The first kappa shape index (κ1) is 14.7. The van der Waals surface area contributed by atoms with Gasteiger partial charge in [-0.05, 0) is 47.0 Å². The van der Waals surface area contributed by atoms with Gasteiger partial charge in [0.05, 0.1) is 6.54 Å². The van der Waals surface area contributed by atoms with Crippen LogP contribution in [-0.2, 0) is 6.54 Å². The van der Waals surface area contributed by atoms with Crippen LogP contribution in [0.2, 0.25) is 0 Å². The van der Waals surface area contributed by atoms with Crippen LogP contribution in [-0.4, -0.2) is 42.7 Å². The van der Waals surface area contributed by atoms with E-state index >= 15 is 0 Å². The number of aromatic carboxylic acids is 1. The van der Waals surface area contributed by atoms with E-state index in [1.807, 2.05) is 14.1 Å². The zero-order valence-corrected chi connectivity index (χ0v) is 11.5. The van der Waals surface area contributed by atoms with Gasteiger partial charge in [-0.25, -0.2) is 4.79 Å². The van der Waals surface area contributed by atoms with Crippen molar-refractivity contribution in [2.75, 3.05) is 20.6 Å². The molecule has 5 nitrogen and oxygen atoms in total. The van der Waals surface area contributed by atoms with Crippen LogP contribution in [0.3, 0.4) is 0 Å². The van der Waals surface area contributed by atoms with Gasteiger partial charge in [-0.15, -0.1) is 0 Å². The molecule has 0 aromatic carbocycles. The number of furan rings is 1. The summed E-state index contributed by atoms with van der Waals surface area (Å²) in [6.45, 7) is 5.36. The van der Waals surface area contributed by atoms with E-state index < -0.39 is 5.97 Å². The standard InChI is InChI=1S/C13H22N2O3/c1-9(5-6-15(3)4)14-8-11-7-12(13(16)17)10(2)18-11/h7,9,14H,5-6,8H2,1-4H3,(H,16,17). The zero-order chi connectivity index (χ0) is 13.7. The van der Waals surface area contributed by atoms with Crippen molar-refractivity contribution in [1.82, 2.24) is 10.2 Å². The lowest BCUT2D eigenvalue weighted by molar-refractivity contribution is 0.0695. The molecule has 0 fully saturated rings. The van der Waals surface area contributed by atoms with Gasteiger partial charge in [0.15, 0.2) is 0 Å². The number of carboxylic acids is 1. The minimum atomic E-state index is -0.942. The monoisotopic (exact) mass is 254 g/mol. The van der Waals surface area contributed by atoms with Gasteiger partial charge in [0.2, 0.25) is 0 Å². The fourth-order valence-electron chi connectivity index (χ4n) is 1.67. The highest BCUT2D eigenvalue weighted by molar-refractivity contribution is 5.88. The van der Waals surface area contributed by atoms with E-state index in [1.54, 1.807) is 13.0 Å². The molecule has 5 heteroatoms. The fraction of sp³-hybridized carbons (Fsp3) is 0.615. The Labute approximate surface area is 108 Å². The minimum Gasteiger partial charge on any atom is -0.478 e. The highest BCUT2D eigenvalue weighted by atomic mass is 16.4. The maximum atomic E-state index is 10.9. The van der Waals surface area contributed by atoms with Crippen molar-refractivity contribution in [2.45, 2.75) is 32.9 Å². The summed E-state index contributed by atoms with van der Waals surface area (Å²) in [7, 11) is 4.09. The maximum absolute atomic E-state index is 10.9. The molecule has 0 aliphatic rings.